The fourth-order valence-corrected chi connectivity index (χ4v) is 1.40. The minimum absolute atomic E-state index is 0.833. The summed E-state index contributed by atoms with van der Waals surface area (Å²) < 4.78 is 0. The van der Waals surface area contributed by atoms with Gasteiger partial charge in [-0.2, -0.15) is 0 Å². The van der Waals surface area contributed by atoms with Gasteiger partial charge < -0.3 is 5.32 Å². The summed E-state index contributed by atoms with van der Waals surface area (Å²) in [6.45, 7) is 13.1. The Labute approximate surface area is 84.3 Å². The van der Waals surface area contributed by atoms with Gasteiger partial charge in [-0.15, -0.1) is 0 Å². The molecule has 0 aromatic rings. The van der Waals surface area contributed by atoms with E-state index in [2.05, 4.69) is 26.1 Å². The molecule has 13 heavy (non-hydrogen) atoms. The summed E-state index contributed by atoms with van der Waals surface area (Å²) in [5, 5.41) is 3.38. The second-order valence-corrected chi connectivity index (χ2v) is 4.66. The van der Waals surface area contributed by atoms with Crippen LogP contribution in [0.4, 0.5) is 0 Å². The van der Waals surface area contributed by atoms with Crippen LogP contribution in [0.2, 0.25) is 0 Å². The standard InChI is InChI=1S/C6H11N.C4H10.C2H6/c1-2-6(1)3-4-7-5-6;1-4(2)3;1-2/h7H,1-5H2;4H,1-3H3;1-2H3. The maximum absolute atomic E-state index is 3.38. The van der Waals surface area contributed by atoms with Crippen LogP contribution in [0.5, 0.6) is 0 Å². The van der Waals surface area contributed by atoms with Crippen LogP contribution >= 0.6 is 0 Å². The van der Waals surface area contributed by atoms with Crippen molar-refractivity contribution >= 4 is 0 Å². The number of rotatable bonds is 0. The predicted octanol–water partition coefficient (Wildman–Crippen LogP) is 3.45. The second kappa shape index (κ2) is 6.42. The molecule has 1 nitrogen and oxygen atoms in total. The lowest BCUT2D eigenvalue weighted by atomic mass is 10.1. The lowest BCUT2D eigenvalue weighted by Gasteiger charge is -1.96. The molecule has 0 unspecified atom stereocenters. The summed E-state index contributed by atoms with van der Waals surface area (Å²) in [5.74, 6) is 0.833. The summed E-state index contributed by atoms with van der Waals surface area (Å²) >= 11 is 0. The fourth-order valence-electron chi connectivity index (χ4n) is 1.40. The fraction of sp³-hybridized carbons (Fsp3) is 1.00. The summed E-state index contributed by atoms with van der Waals surface area (Å²) in [4.78, 5) is 0. The first-order valence-electron chi connectivity index (χ1n) is 5.85. The maximum Gasteiger partial charge on any atom is 0.000829 e. The lowest BCUT2D eigenvalue weighted by molar-refractivity contribution is 0.574. The minimum Gasteiger partial charge on any atom is -0.316 e. The van der Waals surface area contributed by atoms with E-state index in [1.54, 1.807) is 0 Å². The summed E-state index contributed by atoms with van der Waals surface area (Å²) in [6.07, 6.45) is 4.45. The highest BCUT2D eigenvalue weighted by Gasteiger charge is 2.44. The van der Waals surface area contributed by atoms with Gasteiger partial charge in [0.2, 0.25) is 0 Å². The molecule has 1 heteroatoms. The maximum atomic E-state index is 3.38. The molecule has 1 spiro atoms. The Kier molecular flexibility index (Phi) is 6.40. The number of hydrogen-bond donors (Lipinski definition) is 1. The van der Waals surface area contributed by atoms with E-state index in [0.717, 1.165) is 11.3 Å². The van der Waals surface area contributed by atoms with Crippen molar-refractivity contribution in [2.24, 2.45) is 11.3 Å². The SMILES string of the molecule is C1CC2(CC2)CN1.CC.CC(C)C. The molecule has 2 aliphatic rings. The molecule has 1 aliphatic carbocycles. The minimum atomic E-state index is 0.833. The molecule has 2 rings (SSSR count). The second-order valence-electron chi connectivity index (χ2n) is 4.66. The van der Waals surface area contributed by atoms with Crippen LogP contribution in [-0.4, -0.2) is 13.1 Å². The van der Waals surface area contributed by atoms with Gasteiger partial charge in [-0.1, -0.05) is 34.6 Å². The first kappa shape index (κ1) is 13.0. The van der Waals surface area contributed by atoms with E-state index in [9.17, 15) is 0 Å². The van der Waals surface area contributed by atoms with Crippen molar-refractivity contribution in [3.8, 4) is 0 Å². The van der Waals surface area contributed by atoms with Crippen molar-refractivity contribution in [1.29, 1.82) is 0 Å². The molecule has 2 fully saturated rings. The molecule has 0 radical (unpaired) electrons. The molecule has 1 saturated carbocycles. The summed E-state index contributed by atoms with van der Waals surface area (Å²) in [6, 6.07) is 0. The molecule has 0 bridgehead atoms. The zero-order chi connectivity index (χ0) is 10.3. The van der Waals surface area contributed by atoms with E-state index in [1.807, 2.05) is 13.8 Å². The Morgan fingerprint density at radius 3 is 1.62 bits per heavy atom. The van der Waals surface area contributed by atoms with Crippen LogP contribution < -0.4 is 5.32 Å². The van der Waals surface area contributed by atoms with Crippen molar-refractivity contribution in [3.63, 3.8) is 0 Å². The molecular formula is C12H27N. The predicted molar refractivity (Wildman–Crippen MR) is 61.0 cm³/mol. The third-order valence-corrected chi connectivity index (χ3v) is 2.29. The van der Waals surface area contributed by atoms with Crippen molar-refractivity contribution in [1.82, 2.24) is 5.32 Å². The Morgan fingerprint density at radius 2 is 1.46 bits per heavy atom. The van der Waals surface area contributed by atoms with Crippen LogP contribution in [0.25, 0.3) is 0 Å². The van der Waals surface area contributed by atoms with Crippen molar-refractivity contribution in [3.05, 3.63) is 0 Å². The largest absolute Gasteiger partial charge is 0.316 e. The Hall–Kier alpha value is -0.0400. The molecular weight excluding hydrogens is 158 g/mol. The van der Waals surface area contributed by atoms with Crippen LogP contribution in [-0.2, 0) is 0 Å². The van der Waals surface area contributed by atoms with Gasteiger partial charge in [0.1, 0.15) is 0 Å². The van der Waals surface area contributed by atoms with E-state index in [4.69, 9.17) is 0 Å². The third kappa shape index (κ3) is 6.09. The van der Waals surface area contributed by atoms with Crippen molar-refractivity contribution in [2.75, 3.05) is 13.1 Å². The van der Waals surface area contributed by atoms with Gasteiger partial charge in [-0.05, 0) is 37.1 Å². The number of hydrogen-bond acceptors (Lipinski definition) is 1. The van der Waals surface area contributed by atoms with Crippen LogP contribution in [0.1, 0.15) is 53.9 Å². The highest BCUT2D eigenvalue weighted by molar-refractivity contribution is 4.98. The van der Waals surface area contributed by atoms with E-state index < -0.39 is 0 Å². The van der Waals surface area contributed by atoms with Gasteiger partial charge >= 0.3 is 0 Å². The quantitative estimate of drug-likeness (QED) is 0.609. The first-order valence-corrected chi connectivity index (χ1v) is 5.85. The molecule has 0 aromatic carbocycles. The van der Waals surface area contributed by atoms with E-state index in [-0.39, 0.29) is 0 Å². The Morgan fingerprint density at radius 1 is 1.00 bits per heavy atom. The zero-order valence-electron chi connectivity index (χ0n) is 10.1. The van der Waals surface area contributed by atoms with Gasteiger partial charge in [0.05, 0.1) is 0 Å². The molecule has 80 valence electrons. The third-order valence-electron chi connectivity index (χ3n) is 2.29. The molecule has 1 saturated heterocycles. The molecule has 1 heterocycles. The monoisotopic (exact) mass is 185 g/mol. The van der Waals surface area contributed by atoms with Gasteiger partial charge in [0.25, 0.3) is 0 Å². The summed E-state index contributed by atoms with van der Waals surface area (Å²) in [7, 11) is 0. The van der Waals surface area contributed by atoms with Crippen LogP contribution in [0.15, 0.2) is 0 Å². The molecule has 0 aromatic heterocycles. The number of nitrogens with one attached hydrogen (secondary N) is 1. The van der Waals surface area contributed by atoms with Gasteiger partial charge in [0, 0.05) is 6.54 Å². The molecule has 0 atom stereocenters. The van der Waals surface area contributed by atoms with Crippen molar-refractivity contribution in [2.45, 2.75) is 53.9 Å². The normalized spacial score (nSPS) is 21.7. The van der Waals surface area contributed by atoms with Gasteiger partial charge in [0.15, 0.2) is 0 Å². The summed E-state index contributed by atoms with van der Waals surface area (Å²) in [5.41, 5.74) is 0.833. The molecule has 1 aliphatic heterocycles. The topological polar surface area (TPSA) is 12.0 Å². The Bertz CT molecular complexity index is 104. The highest BCUT2D eigenvalue weighted by atomic mass is 14.9. The first-order chi connectivity index (χ1) is 6.15. The Balaban J connectivity index is 0.000000211. The smallest absolute Gasteiger partial charge is 0.000829 e. The van der Waals surface area contributed by atoms with E-state index >= 15 is 0 Å². The average molecular weight is 185 g/mol. The van der Waals surface area contributed by atoms with Crippen molar-refractivity contribution < 1.29 is 0 Å². The lowest BCUT2D eigenvalue weighted by Crippen LogP contribution is -2.08. The van der Waals surface area contributed by atoms with Gasteiger partial charge in [-0.25, -0.2) is 0 Å². The van der Waals surface area contributed by atoms with Crippen LogP contribution in [0.3, 0.4) is 0 Å². The molecule has 0 amide bonds. The van der Waals surface area contributed by atoms with Crippen LogP contribution in [0, 0.1) is 11.3 Å². The van der Waals surface area contributed by atoms with E-state index in [1.165, 1.54) is 32.4 Å². The van der Waals surface area contributed by atoms with Gasteiger partial charge in [-0.3, -0.25) is 0 Å². The molecule has 1 N–H and O–H groups in total. The average Bonchev–Trinajstić information content (AvgIpc) is 2.62. The zero-order valence-corrected chi connectivity index (χ0v) is 10.1. The highest BCUT2D eigenvalue weighted by Crippen LogP contribution is 2.49. The van der Waals surface area contributed by atoms with E-state index in [0.29, 0.717) is 0 Å².